The van der Waals surface area contributed by atoms with Crippen molar-refractivity contribution < 1.29 is 9.53 Å². The summed E-state index contributed by atoms with van der Waals surface area (Å²) in [6.45, 7) is 0. The maximum atomic E-state index is 11.7. The molecule has 2 heterocycles. The molecule has 0 aliphatic heterocycles. The number of hydrogen-bond acceptors (Lipinski definition) is 5. The maximum absolute atomic E-state index is 11.7. The molecule has 20 heavy (non-hydrogen) atoms. The van der Waals surface area contributed by atoms with Crippen molar-refractivity contribution >= 4 is 17.7 Å². The Hall–Kier alpha value is -2.02. The minimum absolute atomic E-state index is 0.0533. The summed E-state index contributed by atoms with van der Waals surface area (Å²) < 4.78 is 7.73. The molecule has 0 atom stereocenters. The molecule has 2 aromatic rings. The minimum atomic E-state index is -0.420. The Morgan fingerprint density at radius 3 is 2.85 bits per heavy atom. The number of esters is 1. The molecule has 0 bridgehead atoms. The molecule has 106 valence electrons. The zero-order chi connectivity index (χ0) is 14.7. The van der Waals surface area contributed by atoms with Gasteiger partial charge in [-0.1, -0.05) is 0 Å². The molecular weight excluding hydrogens is 278 g/mol. The number of methoxy groups -OCH3 is 1. The van der Waals surface area contributed by atoms with Crippen LogP contribution in [0.4, 0.5) is 0 Å². The van der Waals surface area contributed by atoms with Gasteiger partial charge in [0.2, 0.25) is 0 Å². The topological polar surface area (TPSA) is 66.1 Å². The van der Waals surface area contributed by atoms with Crippen LogP contribution in [-0.2, 0) is 24.6 Å². The Morgan fingerprint density at radius 2 is 2.20 bits per heavy atom. The Morgan fingerprint density at radius 1 is 1.45 bits per heavy atom. The van der Waals surface area contributed by atoms with Gasteiger partial charge in [-0.3, -0.25) is 9.48 Å². The summed E-state index contributed by atoms with van der Waals surface area (Å²) in [5.74, 6) is 0.169. The van der Waals surface area contributed by atoms with Crippen LogP contribution in [0.2, 0.25) is 0 Å². The average Bonchev–Trinajstić information content (AvgIpc) is 2.80. The first-order chi connectivity index (χ1) is 9.52. The monoisotopic (exact) mass is 293 g/mol. The van der Waals surface area contributed by atoms with Crippen LogP contribution in [0.3, 0.4) is 0 Å². The van der Waals surface area contributed by atoms with Gasteiger partial charge < -0.3 is 9.30 Å². The normalized spacial score (nSPS) is 10.6. The highest BCUT2D eigenvalue weighted by atomic mass is 32.2. The van der Waals surface area contributed by atoms with Crippen molar-refractivity contribution in [1.29, 1.82) is 0 Å². The lowest BCUT2D eigenvalue weighted by Crippen LogP contribution is -2.14. The molecule has 0 radical (unpaired) electrons. The number of hydrogen-bond donors (Lipinski definition) is 0. The molecule has 2 rings (SSSR count). The molecule has 2 aromatic heterocycles. The Bertz CT molecular complexity index is 690. The molecule has 0 spiro atoms. The van der Waals surface area contributed by atoms with Crippen LogP contribution in [0.5, 0.6) is 0 Å². The summed E-state index contributed by atoms with van der Waals surface area (Å²) in [5.41, 5.74) is 1.27. The van der Waals surface area contributed by atoms with Gasteiger partial charge in [-0.15, -0.1) is 11.8 Å². The lowest BCUT2D eigenvalue weighted by Gasteiger charge is -2.04. The van der Waals surface area contributed by atoms with E-state index in [0.717, 1.165) is 10.5 Å². The first-order valence-electron chi connectivity index (χ1n) is 5.91. The Kier molecular flexibility index (Phi) is 4.29. The molecule has 0 aliphatic rings. The van der Waals surface area contributed by atoms with Gasteiger partial charge in [0.15, 0.2) is 5.69 Å². The second-order valence-electron chi connectivity index (χ2n) is 4.25. The average molecular weight is 293 g/mol. The van der Waals surface area contributed by atoms with E-state index in [9.17, 15) is 9.59 Å². The summed E-state index contributed by atoms with van der Waals surface area (Å²) >= 11 is 1.45. The molecule has 0 aliphatic carbocycles. The van der Waals surface area contributed by atoms with Crippen LogP contribution in [0, 0.1) is 0 Å². The van der Waals surface area contributed by atoms with Crippen LogP contribution in [0.25, 0.3) is 0 Å². The van der Waals surface area contributed by atoms with E-state index in [-0.39, 0.29) is 5.56 Å². The molecule has 0 fully saturated rings. The highest BCUT2D eigenvalue weighted by Crippen LogP contribution is 2.25. The van der Waals surface area contributed by atoms with E-state index in [1.54, 1.807) is 32.6 Å². The van der Waals surface area contributed by atoms with E-state index in [1.165, 1.54) is 28.1 Å². The first kappa shape index (κ1) is 14.4. The number of aromatic nitrogens is 3. The largest absolute Gasteiger partial charge is 0.464 e. The van der Waals surface area contributed by atoms with Crippen molar-refractivity contribution in [3.63, 3.8) is 0 Å². The van der Waals surface area contributed by atoms with Crippen LogP contribution in [-0.4, -0.2) is 27.4 Å². The summed E-state index contributed by atoms with van der Waals surface area (Å²) in [7, 11) is 4.73. The number of aryl methyl sites for hydroxylation is 2. The molecule has 0 N–H and O–H groups in total. The van der Waals surface area contributed by atoms with Gasteiger partial charge in [0.05, 0.1) is 18.2 Å². The van der Waals surface area contributed by atoms with Crippen LogP contribution in [0.15, 0.2) is 34.2 Å². The summed E-state index contributed by atoms with van der Waals surface area (Å²) in [6.07, 6.45) is 3.35. The molecule has 6 nitrogen and oxygen atoms in total. The van der Waals surface area contributed by atoms with E-state index in [2.05, 4.69) is 5.10 Å². The van der Waals surface area contributed by atoms with Gasteiger partial charge in [-0.25, -0.2) is 4.79 Å². The number of rotatable bonds is 4. The molecule has 0 saturated heterocycles. The van der Waals surface area contributed by atoms with Crippen LogP contribution < -0.4 is 5.56 Å². The summed E-state index contributed by atoms with van der Waals surface area (Å²) in [6, 6.07) is 3.46. The van der Waals surface area contributed by atoms with E-state index < -0.39 is 5.97 Å². The van der Waals surface area contributed by atoms with Crippen molar-refractivity contribution in [2.45, 2.75) is 10.6 Å². The molecule has 7 heteroatoms. The van der Waals surface area contributed by atoms with E-state index in [4.69, 9.17) is 4.74 Å². The predicted molar refractivity (Wildman–Crippen MR) is 75.8 cm³/mol. The lowest BCUT2D eigenvalue weighted by atomic mass is 10.3. The first-order valence-corrected chi connectivity index (χ1v) is 6.90. The quantitative estimate of drug-likeness (QED) is 0.626. The maximum Gasteiger partial charge on any atom is 0.357 e. The van der Waals surface area contributed by atoms with Crippen molar-refractivity contribution in [2.24, 2.45) is 14.1 Å². The van der Waals surface area contributed by atoms with Gasteiger partial charge in [0.1, 0.15) is 0 Å². The van der Waals surface area contributed by atoms with Crippen molar-refractivity contribution in [2.75, 3.05) is 7.11 Å². The Labute approximate surface area is 120 Å². The molecule has 0 saturated carbocycles. The number of carbonyl (C=O) groups excluding carboxylic acids is 1. The van der Waals surface area contributed by atoms with Gasteiger partial charge in [0, 0.05) is 32.1 Å². The van der Waals surface area contributed by atoms with Crippen molar-refractivity contribution in [3.05, 3.63) is 46.1 Å². The molecular formula is C13H15N3O3S. The van der Waals surface area contributed by atoms with Crippen LogP contribution in [0.1, 0.15) is 16.1 Å². The fourth-order valence-electron chi connectivity index (χ4n) is 1.69. The zero-order valence-electron chi connectivity index (χ0n) is 11.5. The third-order valence-corrected chi connectivity index (χ3v) is 3.93. The predicted octanol–water partition coefficient (Wildman–Crippen LogP) is 1.20. The highest BCUT2D eigenvalue weighted by Gasteiger charge is 2.17. The third kappa shape index (κ3) is 2.93. The van der Waals surface area contributed by atoms with Gasteiger partial charge in [-0.2, -0.15) is 5.10 Å². The lowest BCUT2D eigenvalue weighted by molar-refractivity contribution is 0.0584. The number of thioether (sulfide) groups is 1. The highest BCUT2D eigenvalue weighted by molar-refractivity contribution is 7.98. The van der Waals surface area contributed by atoms with Crippen molar-refractivity contribution in [3.8, 4) is 0 Å². The van der Waals surface area contributed by atoms with Gasteiger partial charge in [-0.05, 0) is 11.6 Å². The van der Waals surface area contributed by atoms with E-state index >= 15 is 0 Å². The van der Waals surface area contributed by atoms with E-state index in [1.807, 2.05) is 6.07 Å². The summed E-state index contributed by atoms with van der Waals surface area (Å²) in [5, 5.41) is 4.06. The number of ether oxygens (including phenoxy) is 1. The third-order valence-electron chi connectivity index (χ3n) is 2.85. The van der Waals surface area contributed by atoms with Gasteiger partial charge in [0.25, 0.3) is 5.56 Å². The van der Waals surface area contributed by atoms with Gasteiger partial charge >= 0.3 is 5.97 Å². The second-order valence-corrected chi connectivity index (χ2v) is 5.26. The summed E-state index contributed by atoms with van der Waals surface area (Å²) in [4.78, 5) is 24.0. The smallest absolute Gasteiger partial charge is 0.357 e. The fraction of sp³-hybridized carbons (Fsp3) is 0.308. The number of carbonyl (C=O) groups is 1. The molecule has 0 aromatic carbocycles. The van der Waals surface area contributed by atoms with Crippen LogP contribution >= 0.6 is 11.8 Å². The van der Waals surface area contributed by atoms with Crippen molar-refractivity contribution in [1.82, 2.24) is 14.3 Å². The van der Waals surface area contributed by atoms with E-state index in [0.29, 0.717) is 11.4 Å². The SMILES string of the molecule is COC(=O)c1c(SCc2ccn(C)c(=O)c2)cnn1C. The zero-order valence-corrected chi connectivity index (χ0v) is 12.3. The second kappa shape index (κ2) is 5.96. The Balaban J connectivity index is 2.17. The molecule has 0 unspecified atom stereocenters. The molecule has 0 amide bonds. The fourth-order valence-corrected chi connectivity index (χ4v) is 2.67. The standard InChI is InChI=1S/C13H15N3O3S/c1-15-5-4-9(6-11(15)17)8-20-10-7-14-16(2)12(10)13(18)19-3/h4-7H,8H2,1-3H3. The number of nitrogens with zero attached hydrogens (tertiary/aromatic N) is 3. The number of pyridine rings is 1. The minimum Gasteiger partial charge on any atom is -0.464 e.